The van der Waals surface area contributed by atoms with Crippen molar-refractivity contribution in [3.05, 3.63) is 70.6 Å². The number of imidazole rings is 1. The van der Waals surface area contributed by atoms with Crippen LogP contribution in [-0.2, 0) is 17.8 Å². The van der Waals surface area contributed by atoms with Gasteiger partial charge in [-0.15, -0.1) is 0 Å². The summed E-state index contributed by atoms with van der Waals surface area (Å²) in [6.45, 7) is 8.85. The lowest BCUT2D eigenvalue weighted by Crippen LogP contribution is -2.45. The first-order valence-electron chi connectivity index (χ1n) is 9.88. The Morgan fingerprint density at radius 2 is 1.86 bits per heavy atom. The van der Waals surface area contributed by atoms with Crippen molar-refractivity contribution in [3.8, 4) is 0 Å². The molecule has 1 atom stereocenters. The van der Waals surface area contributed by atoms with Crippen molar-refractivity contribution in [2.75, 3.05) is 32.8 Å². The van der Waals surface area contributed by atoms with Crippen LogP contribution in [0.3, 0.4) is 0 Å². The lowest BCUT2D eigenvalue weighted by molar-refractivity contribution is 0.0224. The highest BCUT2D eigenvalue weighted by Crippen LogP contribution is 2.17. The summed E-state index contributed by atoms with van der Waals surface area (Å²) in [6, 6.07) is 15.2. The number of rotatable bonds is 7. The Morgan fingerprint density at radius 3 is 2.64 bits per heavy atom. The number of hydrogen-bond acceptors (Lipinski definition) is 4. The van der Waals surface area contributed by atoms with Crippen molar-refractivity contribution in [1.29, 1.82) is 0 Å². The molecule has 3 aromatic rings. The highest BCUT2D eigenvalue weighted by Gasteiger charge is 2.20. The molecule has 28 heavy (non-hydrogen) atoms. The van der Waals surface area contributed by atoms with E-state index in [1.807, 2.05) is 12.1 Å². The third-order valence-electron chi connectivity index (χ3n) is 5.31. The molecule has 1 unspecified atom stereocenters. The third-order valence-corrected chi connectivity index (χ3v) is 5.78. The average Bonchev–Trinajstić information content (AvgIpc) is 3.10. The molecule has 6 heteroatoms. The van der Waals surface area contributed by atoms with Crippen molar-refractivity contribution < 1.29 is 4.74 Å². The van der Waals surface area contributed by atoms with Gasteiger partial charge in [-0.2, -0.15) is 0 Å². The summed E-state index contributed by atoms with van der Waals surface area (Å²) < 4.78 is 8.66. The molecule has 4 rings (SSSR count). The maximum absolute atomic E-state index is 5.50. The van der Waals surface area contributed by atoms with Crippen LogP contribution in [0.15, 0.2) is 59.3 Å². The lowest BCUT2D eigenvalue weighted by Gasteiger charge is -2.34. The monoisotopic (exact) mass is 442 g/mol. The van der Waals surface area contributed by atoms with Gasteiger partial charge in [-0.3, -0.25) is 9.80 Å². The SMILES string of the molecule is CC(CN1CCOCC1)N(Cc1ccccc1)Cc1cn2cc(Br)ccc2n1. The molecule has 0 bridgehead atoms. The van der Waals surface area contributed by atoms with Crippen molar-refractivity contribution in [2.45, 2.75) is 26.1 Å². The molecule has 0 N–H and O–H groups in total. The molecule has 0 saturated carbocycles. The fourth-order valence-electron chi connectivity index (χ4n) is 3.76. The smallest absolute Gasteiger partial charge is 0.137 e. The van der Waals surface area contributed by atoms with Gasteiger partial charge in [-0.25, -0.2) is 4.98 Å². The molecule has 0 amide bonds. The Labute approximate surface area is 175 Å². The average molecular weight is 443 g/mol. The van der Waals surface area contributed by atoms with E-state index in [2.05, 4.69) is 79.8 Å². The summed E-state index contributed by atoms with van der Waals surface area (Å²) in [5.74, 6) is 0. The number of hydrogen-bond donors (Lipinski definition) is 0. The van der Waals surface area contributed by atoms with E-state index in [-0.39, 0.29) is 0 Å². The fraction of sp³-hybridized carbons (Fsp3) is 0.409. The number of fused-ring (bicyclic) bond motifs is 1. The Kier molecular flexibility index (Phi) is 6.42. The van der Waals surface area contributed by atoms with Crippen molar-refractivity contribution >= 4 is 21.6 Å². The van der Waals surface area contributed by atoms with E-state index in [1.165, 1.54) is 5.56 Å². The Balaban J connectivity index is 1.52. The Bertz CT molecular complexity index is 892. The second-order valence-electron chi connectivity index (χ2n) is 7.50. The lowest BCUT2D eigenvalue weighted by atomic mass is 10.1. The molecule has 148 valence electrons. The molecule has 1 saturated heterocycles. The van der Waals surface area contributed by atoms with Gasteiger partial charge in [0.1, 0.15) is 5.65 Å². The van der Waals surface area contributed by atoms with Gasteiger partial charge in [0, 0.05) is 55.6 Å². The van der Waals surface area contributed by atoms with E-state index < -0.39 is 0 Å². The zero-order chi connectivity index (χ0) is 19.3. The summed E-state index contributed by atoms with van der Waals surface area (Å²) in [4.78, 5) is 9.87. The number of ether oxygens (including phenoxy) is 1. The molecule has 3 heterocycles. The largest absolute Gasteiger partial charge is 0.379 e. The third kappa shape index (κ3) is 5.00. The van der Waals surface area contributed by atoms with Crippen LogP contribution in [-0.4, -0.2) is 58.1 Å². The number of benzene rings is 1. The normalized spacial score (nSPS) is 16.7. The van der Waals surface area contributed by atoms with Gasteiger partial charge in [-0.05, 0) is 40.5 Å². The van der Waals surface area contributed by atoms with Crippen LogP contribution in [0.1, 0.15) is 18.2 Å². The summed E-state index contributed by atoms with van der Waals surface area (Å²) in [5, 5.41) is 0. The van der Waals surface area contributed by atoms with E-state index in [9.17, 15) is 0 Å². The fourth-order valence-corrected chi connectivity index (χ4v) is 4.11. The van der Waals surface area contributed by atoms with Gasteiger partial charge in [0.15, 0.2) is 0 Å². The molecule has 1 fully saturated rings. The van der Waals surface area contributed by atoms with Gasteiger partial charge in [0.25, 0.3) is 0 Å². The van der Waals surface area contributed by atoms with E-state index in [0.717, 1.165) is 61.8 Å². The minimum absolute atomic E-state index is 0.426. The van der Waals surface area contributed by atoms with Gasteiger partial charge in [0.05, 0.1) is 18.9 Å². The molecule has 2 aromatic heterocycles. The van der Waals surface area contributed by atoms with Crippen LogP contribution in [0.5, 0.6) is 0 Å². The Morgan fingerprint density at radius 1 is 1.07 bits per heavy atom. The second kappa shape index (κ2) is 9.18. The van der Waals surface area contributed by atoms with Crippen molar-refractivity contribution in [3.63, 3.8) is 0 Å². The van der Waals surface area contributed by atoms with Gasteiger partial charge < -0.3 is 9.14 Å². The predicted molar refractivity (Wildman–Crippen MR) is 115 cm³/mol. The molecule has 0 aliphatic carbocycles. The van der Waals surface area contributed by atoms with Crippen LogP contribution >= 0.6 is 15.9 Å². The van der Waals surface area contributed by atoms with Gasteiger partial charge >= 0.3 is 0 Å². The summed E-state index contributed by atoms with van der Waals surface area (Å²) in [7, 11) is 0. The first-order valence-corrected chi connectivity index (χ1v) is 10.7. The topological polar surface area (TPSA) is 33.0 Å². The van der Waals surface area contributed by atoms with E-state index in [0.29, 0.717) is 6.04 Å². The van der Waals surface area contributed by atoms with Gasteiger partial charge in [-0.1, -0.05) is 30.3 Å². The van der Waals surface area contributed by atoms with Crippen LogP contribution < -0.4 is 0 Å². The minimum atomic E-state index is 0.426. The highest BCUT2D eigenvalue weighted by molar-refractivity contribution is 9.10. The van der Waals surface area contributed by atoms with E-state index >= 15 is 0 Å². The number of nitrogens with zero attached hydrogens (tertiary/aromatic N) is 4. The van der Waals surface area contributed by atoms with E-state index in [1.54, 1.807) is 0 Å². The molecular formula is C22H27BrN4O. The maximum Gasteiger partial charge on any atom is 0.137 e. The van der Waals surface area contributed by atoms with Gasteiger partial charge in [0.2, 0.25) is 0 Å². The minimum Gasteiger partial charge on any atom is -0.379 e. The maximum atomic E-state index is 5.50. The number of aromatic nitrogens is 2. The standard InChI is InChI=1S/C22H27BrN4O/c1-18(13-25-9-11-28-12-10-25)26(14-19-5-3-2-4-6-19)16-21-17-27-15-20(23)7-8-22(27)24-21/h2-8,15,17-18H,9-14,16H2,1H3. The second-order valence-corrected chi connectivity index (χ2v) is 8.41. The first-order chi connectivity index (χ1) is 13.7. The van der Waals surface area contributed by atoms with Crippen molar-refractivity contribution in [1.82, 2.24) is 19.2 Å². The van der Waals surface area contributed by atoms with Crippen LogP contribution in [0.2, 0.25) is 0 Å². The molecule has 1 aliphatic heterocycles. The number of morpholine rings is 1. The molecule has 1 aliphatic rings. The van der Waals surface area contributed by atoms with E-state index in [4.69, 9.17) is 9.72 Å². The quantitative estimate of drug-likeness (QED) is 0.556. The highest BCUT2D eigenvalue weighted by atomic mass is 79.9. The number of pyridine rings is 1. The zero-order valence-electron chi connectivity index (χ0n) is 16.3. The van der Waals surface area contributed by atoms with Crippen LogP contribution in [0.25, 0.3) is 5.65 Å². The molecule has 5 nitrogen and oxygen atoms in total. The van der Waals surface area contributed by atoms with Crippen molar-refractivity contribution in [2.24, 2.45) is 0 Å². The molecule has 0 spiro atoms. The molecular weight excluding hydrogens is 416 g/mol. The first kappa shape index (κ1) is 19.6. The predicted octanol–water partition coefficient (Wildman–Crippen LogP) is 3.82. The Hall–Kier alpha value is -1.73. The summed E-state index contributed by atoms with van der Waals surface area (Å²) in [5.41, 5.74) is 3.42. The number of halogens is 1. The summed E-state index contributed by atoms with van der Waals surface area (Å²) in [6.07, 6.45) is 4.20. The van der Waals surface area contributed by atoms with Crippen LogP contribution in [0, 0.1) is 0 Å². The molecule has 1 aromatic carbocycles. The summed E-state index contributed by atoms with van der Waals surface area (Å²) >= 11 is 3.54. The van der Waals surface area contributed by atoms with Crippen LogP contribution in [0.4, 0.5) is 0 Å². The molecule has 0 radical (unpaired) electrons. The zero-order valence-corrected chi connectivity index (χ0v) is 17.9.